The van der Waals surface area contributed by atoms with Gasteiger partial charge in [-0.05, 0) is 42.5 Å². The van der Waals surface area contributed by atoms with Gasteiger partial charge in [-0.25, -0.2) is 4.98 Å². The fourth-order valence-corrected chi connectivity index (χ4v) is 2.09. The number of nitrogens with zero attached hydrogens (tertiary/aromatic N) is 2. The quantitative estimate of drug-likeness (QED) is 0.710. The molecule has 2 N–H and O–H groups in total. The first kappa shape index (κ1) is 11.6. The minimum absolute atomic E-state index is 0.683. The van der Waals surface area contributed by atoms with Crippen LogP contribution in [0.25, 0.3) is 11.1 Å². The van der Waals surface area contributed by atoms with Gasteiger partial charge in [-0.15, -0.1) is 0 Å². The topological polar surface area (TPSA) is 55.3 Å². The van der Waals surface area contributed by atoms with Crippen LogP contribution >= 0.6 is 0 Å². The predicted molar refractivity (Wildman–Crippen MR) is 77.7 cm³/mol. The smallest absolute Gasteiger partial charge is 0.192 e. The van der Waals surface area contributed by atoms with Crippen molar-refractivity contribution in [3.05, 3.63) is 48.4 Å². The molecular formula is C15H15N3O. The van der Waals surface area contributed by atoms with Gasteiger partial charge in [-0.1, -0.05) is 0 Å². The number of benzene rings is 2. The van der Waals surface area contributed by atoms with Gasteiger partial charge in [0.15, 0.2) is 11.5 Å². The molecule has 0 amide bonds. The maximum Gasteiger partial charge on any atom is 0.192 e. The summed E-state index contributed by atoms with van der Waals surface area (Å²) >= 11 is 0. The third kappa shape index (κ3) is 2.12. The SMILES string of the molecule is Cc1nc2cc(N(C)c3ccc(N)cc3)ccc2o1. The molecule has 1 heterocycles. The maximum absolute atomic E-state index is 5.70. The lowest BCUT2D eigenvalue weighted by Crippen LogP contribution is -2.09. The van der Waals surface area contributed by atoms with Gasteiger partial charge < -0.3 is 15.1 Å². The van der Waals surface area contributed by atoms with Crippen LogP contribution in [0.5, 0.6) is 0 Å². The molecule has 0 aliphatic heterocycles. The van der Waals surface area contributed by atoms with Crippen LogP contribution in [-0.4, -0.2) is 12.0 Å². The molecular weight excluding hydrogens is 238 g/mol. The molecule has 2 aromatic carbocycles. The molecule has 1 aromatic heterocycles. The molecule has 0 saturated heterocycles. The lowest BCUT2D eigenvalue weighted by molar-refractivity contribution is 0.561. The summed E-state index contributed by atoms with van der Waals surface area (Å²) in [6, 6.07) is 13.8. The van der Waals surface area contributed by atoms with Crippen molar-refractivity contribution in [3.8, 4) is 0 Å². The molecule has 3 rings (SSSR count). The summed E-state index contributed by atoms with van der Waals surface area (Å²) in [5, 5.41) is 0. The number of oxazole rings is 1. The summed E-state index contributed by atoms with van der Waals surface area (Å²) in [6.07, 6.45) is 0. The zero-order valence-corrected chi connectivity index (χ0v) is 10.9. The highest BCUT2D eigenvalue weighted by atomic mass is 16.3. The Morgan fingerprint density at radius 2 is 1.74 bits per heavy atom. The van der Waals surface area contributed by atoms with Gasteiger partial charge in [0.1, 0.15) is 5.52 Å². The Balaban J connectivity index is 2.00. The number of rotatable bonds is 2. The Morgan fingerprint density at radius 3 is 2.47 bits per heavy atom. The Morgan fingerprint density at radius 1 is 1.05 bits per heavy atom. The summed E-state index contributed by atoms with van der Waals surface area (Å²) in [4.78, 5) is 6.44. The largest absolute Gasteiger partial charge is 0.441 e. The zero-order chi connectivity index (χ0) is 13.4. The number of hydrogen-bond acceptors (Lipinski definition) is 4. The van der Waals surface area contributed by atoms with Crippen molar-refractivity contribution in [1.82, 2.24) is 4.98 Å². The van der Waals surface area contributed by atoms with E-state index in [0.29, 0.717) is 5.89 Å². The molecule has 0 spiro atoms. The molecule has 0 saturated carbocycles. The van der Waals surface area contributed by atoms with E-state index in [9.17, 15) is 0 Å². The van der Waals surface area contributed by atoms with Crippen LogP contribution in [0.1, 0.15) is 5.89 Å². The minimum atomic E-state index is 0.683. The van der Waals surface area contributed by atoms with Crippen LogP contribution in [0.3, 0.4) is 0 Å². The Labute approximate surface area is 111 Å². The van der Waals surface area contributed by atoms with Gasteiger partial charge in [0.25, 0.3) is 0 Å². The molecule has 0 atom stereocenters. The average molecular weight is 253 g/mol. The molecule has 4 nitrogen and oxygen atoms in total. The normalized spacial score (nSPS) is 10.8. The Kier molecular flexibility index (Phi) is 2.63. The summed E-state index contributed by atoms with van der Waals surface area (Å²) in [5.41, 5.74) is 10.3. The summed E-state index contributed by atoms with van der Waals surface area (Å²) in [6.45, 7) is 1.85. The van der Waals surface area contributed by atoms with Crippen LogP contribution in [0.4, 0.5) is 17.1 Å². The monoisotopic (exact) mass is 253 g/mol. The second-order valence-electron chi connectivity index (χ2n) is 4.54. The standard InChI is InChI=1S/C15H15N3O/c1-10-17-14-9-13(7-8-15(14)19-10)18(2)12-5-3-11(16)4-6-12/h3-9H,16H2,1-2H3. The van der Waals surface area contributed by atoms with E-state index in [1.807, 2.05) is 56.4 Å². The van der Waals surface area contributed by atoms with E-state index >= 15 is 0 Å². The Bertz CT molecular complexity index is 716. The van der Waals surface area contributed by atoms with Gasteiger partial charge in [0.2, 0.25) is 0 Å². The third-order valence-corrected chi connectivity index (χ3v) is 3.15. The average Bonchev–Trinajstić information content (AvgIpc) is 2.77. The van der Waals surface area contributed by atoms with Crippen LogP contribution in [0.2, 0.25) is 0 Å². The zero-order valence-electron chi connectivity index (χ0n) is 10.9. The van der Waals surface area contributed by atoms with Crippen molar-refractivity contribution < 1.29 is 4.42 Å². The van der Waals surface area contributed by atoms with E-state index in [-0.39, 0.29) is 0 Å². The van der Waals surface area contributed by atoms with Crippen molar-refractivity contribution in [2.75, 3.05) is 17.7 Å². The van der Waals surface area contributed by atoms with Crippen molar-refractivity contribution >= 4 is 28.2 Å². The number of anilines is 3. The van der Waals surface area contributed by atoms with Gasteiger partial charge in [-0.2, -0.15) is 0 Å². The van der Waals surface area contributed by atoms with Crippen LogP contribution < -0.4 is 10.6 Å². The van der Waals surface area contributed by atoms with E-state index in [0.717, 1.165) is 28.2 Å². The first-order chi connectivity index (χ1) is 9.13. The predicted octanol–water partition coefficient (Wildman–Crippen LogP) is 3.49. The fraction of sp³-hybridized carbons (Fsp3) is 0.133. The van der Waals surface area contributed by atoms with E-state index in [1.165, 1.54) is 0 Å². The highest BCUT2D eigenvalue weighted by Gasteiger charge is 2.07. The van der Waals surface area contributed by atoms with Crippen molar-refractivity contribution in [2.24, 2.45) is 0 Å². The highest BCUT2D eigenvalue weighted by Crippen LogP contribution is 2.27. The maximum atomic E-state index is 5.70. The lowest BCUT2D eigenvalue weighted by Gasteiger charge is -2.19. The third-order valence-electron chi connectivity index (χ3n) is 3.15. The van der Waals surface area contributed by atoms with Crippen molar-refractivity contribution in [1.29, 1.82) is 0 Å². The first-order valence-electron chi connectivity index (χ1n) is 6.10. The van der Waals surface area contributed by atoms with Gasteiger partial charge >= 0.3 is 0 Å². The second kappa shape index (κ2) is 4.31. The molecule has 3 aromatic rings. The molecule has 96 valence electrons. The molecule has 0 radical (unpaired) electrons. The number of aromatic nitrogens is 1. The molecule has 0 fully saturated rings. The van der Waals surface area contributed by atoms with E-state index in [4.69, 9.17) is 10.2 Å². The van der Waals surface area contributed by atoms with Crippen LogP contribution in [0, 0.1) is 6.92 Å². The minimum Gasteiger partial charge on any atom is -0.441 e. The molecule has 19 heavy (non-hydrogen) atoms. The van der Waals surface area contributed by atoms with Gasteiger partial charge in [0.05, 0.1) is 0 Å². The molecule has 0 aliphatic carbocycles. The number of aryl methyl sites for hydroxylation is 1. The first-order valence-corrected chi connectivity index (χ1v) is 6.10. The molecule has 4 heteroatoms. The van der Waals surface area contributed by atoms with E-state index in [1.54, 1.807) is 0 Å². The van der Waals surface area contributed by atoms with Crippen LogP contribution in [0.15, 0.2) is 46.9 Å². The lowest BCUT2D eigenvalue weighted by atomic mass is 10.2. The van der Waals surface area contributed by atoms with E-state index < -0.39 is 0 Å². The number of hydrogen-bond donors (Lipinski definition) is 1. The highest BCUT2D eigenvalue weighted by molar-refractivity contribution is 5.79. The Hall–Kier alpha value is -2.49. The molecule has 0 bridgehead atoms. The number of fused-ring (bicyclic) bond motifs is 1. The molecule has 0 unspecified atom stereocenters. The fourth-order valence-electron chi connectivity index (χ4n) is 2.09. The molecule has 0 aliphatic rings. The van der Waals surface area contributed by atoms with Crippen molar-refractivity contribution in [3.63, 3.8) is 0 Å². The van der Waals surface area contributed by atoms with Gasteiger partial charge in [0, 0.05) is 31.0 Å². The van der Waals surface area contributed by atoms with Gasteiger partial charge in [-0.3, -0.25) is 0 Å². The summed E-state index contributed by atoms with van der Waals surface area (Å²) in [5.74, 6) is 0.683. The van der Waals surface area contributed by atoms with E-state index in [2.05, 4.69) is 9.88 Å². The summed E-state index contributed by atoms with van der Waals surface area (Å²) in [7, 11) is 2.01. The second-order valence-corrected chi connectivity index (χ2v) is 4.54. The van der Waals surface area contributed by atoms with Crippen LogP contribution in [-0.2, 0) is 0 Å². The number of nitrogen functional groups attached to an aromatic ring is 1. The number of nitrogens with two attached hydrogens (primary N) is 1. The summed E-state index contributed by atoms with van der Waals surface area (Å²) < 4.78 is 5.48. The van der Waals surface area contributed by atoms with Crippen molar-refractivity contribution in [2.45, 2.75) is 6.92 Å².